The van der Waals surface area contributed by atoms with Crippen molar-refractivity contribution in [2.75, 3.05) is 40.1 Å². The number of aromatic hydroxyl groups is 1. The Balaban J connectivity index is 1.77. The van der Waals surface area contributed by atoms with Gasteiger partial charge in [0.15, 0.2) is 11.4 Å². The number of Topliss-reactive ketones (excluding diaryl/α,β-unsaturated/α-hetero) is 2. The lowest BCUT2D eigenvalue weighted by Crippen LogP contribution is -2.63. The van der Waals surface area contributed by atoms with Crippen molar-refractivity contribution in [3.8, 4) is 17.6 Å². The normalized spacial score (nSPS) is 23.8. The number of likely N-dealkylation sites (N-methyl/N-ethyl adjacent to an activating group) is 2. The van der Waals surface area contributed by atoms with Crippen molar-refractivity contribution in [1.29, 1.82) is 0 Å². The number of ketones is 2. The van der Waals surface area contributed by atoms with Crippen LogP contribution in [0, 0.1) is 33.5 Å². The Hall–Kier alpha value is -5.19. The molecule has 0 aliphatic heterocycles. The van der Waals surface area contributed by atoms with Gasteiger partial charge >= 0.3 is 0 Å². The van der Waals surface area contributed by atoms with E-state index in [2.05, 4.69) is 27.5 Å². The number of phenolic OH excluding ortho intramolecular Hbond substituents is 1. The summed E-state index contributed by atoms with van der Waals surface area (Å²) in [7, 11) is 7.89. The fourth-order valence-electron chi connectivity index (χ4n) is 6.84. The second-order valence-electron chi connectivity index (χ2n) is 11.7. The van der Waals surface area contributed by atoms with E-state index in [0.717, 1.165) is 0 Å². The minimum Gasteiger partial charge on any atom is -0.510 e. The molecule has 4 atom stereocenters. The van der Waals surface area contributed by atoms with Gasteiger partial charge < -0.3 is 25.5 Å². The van der Waals surface area contributed by atoms with Gasteiger partial charge in [0.2, 0.25) is 5.78 Å². The molecule has 4 N–H and O–H groups in total. The Morgan fingerprint density at radius 3 is 2.36 bits per heavy atom. The maximum atomic E-state index is 14.4. The molecule has 5 rings (SSSR count). The molecule has 13 nitrogen and oxygen atoms in total. The van der Waals surface area contributed by atoms with Crippen LogP contribution in [0.2, 0.25) is 0 Å². The minimum atomic E-state index is -2.73. The summed E-state index contributed by atoms with van der Waals surface area (Å²) in [5.41, 5.74) is -3.35. The molecule has 0 heterocycles. The molecule has 0 radical (unpaired) electrons. The second kappa shape index (κ2) is 11.4. The molecule has 45 heavy (non-hydrogen) atoms. The summed E-state index contributed by atoms with van der Waals surface area (Å²) in [6.07, 6.45) is 0.0743. The first-order valence-corrected chi connectivity index (χ1v) is 14.0. The molecule has 0 saturated heterocycles. The Kier molecular flexibility index (Phi) is 7.90. The molecule has 0 bridgehead atoms. The number of anilines is 1. The van der Waals surface area contributed by atoms with Crippen LogP contribution < -0.4 is 10.2 Å². The average Bonchev–Trinajstić information content (AvgIpc) is 2.99. The van der Waals surface area contributed by atoms with Crippen molar-refractivity contribution >= 4 is 28.8 Å². The smallest absolute Gasteiger partial charge is 0.258 e. The summed E-state index contributed by atoms with van der Waals surface area (Å²) < 4.78 is 0. The topological polar surface area (TPSA) is 189 Å². The second-order valence-corrected chi connectivity index (χ2v) is 11.7. The number of amides is 1. The Labute approximate surface area is 258 Å². The van der Waals surface area contributed by atoms with Gasteiger partial charge in [-0.05, 0) is 73.0 Å². The number of phenols is 1. The molecule has 0 spiro atoms. The van der Waals surface area contributed by atoms with Crippen LogP contribution in [-0.4, -0.2) is 84.6 Å². The number of allylic oxidation sites excluding steroid dienone is 1. The summed E-state index contributed by atoms with van der Waals surface area (Å²) in [4.78, 5) is 69.1. The van der Waals surface area contributed by atoms with Gasteiger partial charge in [0.1, 0.15) is 28.5 Å². The van der Waals surface area contributed by atoms with Crippen LogP contribution in [0.5, 0.6) is 5.75 Å². The zero-order valence-electron chi connectivity index (χ0n) is 25.2. The third-order valence-corrected chi connectivity index (χ3v) is 8.76. The van der Waals surface area contributed by atoms with Gasteiger partial charge in [0.05, 0.1) is 17.2 Å². The van der Waals surface area contributed by atoms with E-state index in [0.29, 0.717) is 16.8 Å². The van der Waals surface area contributed by atoms with Crippen LogP contribution in [0.3, 0.4) is 0 Å². The molecular formula is C32H31N5O8. The molecule has 0 fully saturated rings. The molecule has 1 amide bonds. The molecule has 232 valence electrons. The average molecular weight is 614 g/mol. The number of nitroso groups, excluding NO2 is 2. The highest BCUT2D eigenvalue weighted by molar-refractivity contribution is 6.25. The predicted octanol–water partition coefficient (Wildman–Crippen LogP) is 2.45. The summed E-state index contributed by atoms with van der Waals surface area (Å²) >= 11 is 0. The zero-order valence-corrected chi connectivity index (χ0v) is 25.2. The number of aliphatic hydroxyl groups is 2. The standard InChI is InChI=1S/C32H31N5O8/c1-33-31(42)24-28(40)26(37(4)5)20-13-17-12-19-21(36(2)3)14-16(10-9-15-7-6-8-18(38)11-15)25(34-44)23(19)27(39)22(17)29(35-45)32(20,43)30(24)41/h6-8,11,14,17,20,26,38,40,43H,12-13H2,1-5H3,(H,33,42)/t17-,20-,26-,32-/m0/s1. The first-order chi connectivity index (χ1) is 21.3. The van der Waals surface area contributed by atoms with Crippen LogP contribution in [0.1, 0.15) is 33.5 Å². The first kappa shape index (κ1) is 31.2. The van der Waals surface area contributed by atoms with E-state index in [1.165, 1.54) is 24.1 Å². The number of nitrogens with one attached hydrogen (secondary N) is 1. The van der Waals surface area contributed by atoms with E-state index in [1.54, 1.807) is 51.3 Å². The van der Waals surface area contributed by atoms with E-state index < -0.39 is 58.0 Å². The van der Waals surface area contributed by atoms with Crippen LogP contribution in [0.25, 0.3) is 0 Å². The van der Waals surface area contributed by atoms with Crippen molar-refractivity contribution in [2.24, 2.45) is 22.2 Å². The zero-order chi connectivity index (χ0) is 33.0. The summed E-state index contributed by atoms with van der Waals surface area (Å²) in [5.74, 6) is 0.188. The molecule has 2 aromatic rings. The lowest BCUT2D eigenvalue weighted by Gasteiger charge is -2.50. The number of carbonyl (C=O) groups excluding carboxylic acids is 3. The number of rotatable bonds is 5. The SMILES string of the molecule is CNC(=O)C1=C(O)[C@@H](N(C)C)[C@@H]2C[C@@H]3Cc4c(N(C)C)cc(C#Cc5cccc(O)c5)c(N=O)c4C(=O)C3=C(N=O)[C@]2(O)C1=O. The number of hydrogen-bond acceptors (Lipinski definition) is 12. The van der Waals surface area contributed by atoms with Gasteiger partial charge in [-0.3, -0.25) is 19.3 Å². The molecule has 3 aliphatic carbocycles. The quantitative estimate of drug-likeness (QED) is 0.221. The fraction of sp³-hybridized carbons (Fsp3) is 0.344. The lowest BCUT2D eigenvalue weighted by molar-refractivity contribution is -0.144. The predicted molar refractivity (Wildman–Crippen MR) is 164 cm³/mol. The van der Waals surface area contributed by atoms with Gasteiger partial charge in [-0.1, -0.05) is 17.9 Å². The molecule has 0 saturated carbocycles. The Morgan fingerprint density at radius 2 is 1.78 bits per heavy atom. The van der Waals surface area contributed by atoms with E-state index >= 15 is 0 Å². The highest BCUT2D eigenvalue weighted by Gasteiger charge is 2.63. The fourth-order valence-corrected chi connectivity index (χ4v) is 6.84. The van der Waals surface area contributed by atoms with E-state index in [1.807, 2.05) is 0 Å². The van der Waals surface area contributed by atoms with Crippen molar-refractivity contribution in [3.05, 3.63) is 85.0 Å². The lowest BCUT2D eigenvalue weighted by atomic mass is 9.58. The monoisotopic (exact) mass is 613 g/mol. The largest absolute Gasteiger partial charge is 0.510 e. The number of nitrogens with zero attached hydrogens (tertiary/aromatic N) is 4. The van der Waals surface area contributed by atoms with Crippen LogP contribution in [-0.2, 0) is 16.0 Å². The minimum absolute atomic E-state index is 0.0120. The number of hydrogen-bond donors (Lipinski definition) is 4. The molecule has 0 unspecified atom stereocenters. The number of fused-ring (bicyclic) bond motifs is 3. The van der Waals surface area contributed by atoms with Crippen molar-refractivity contribution in [3.63, 3.8) is 0 Å². The molecule has 13 heteroatoms. The molecule has 2 aromatic carbocycles. The Bertz CT molecular complexity index is 1810. The molecule has 3 aliphatic rings. The Morgan fingerprint density at radius 1 is 1.07 bits per heavy atom. The first-order valence-electron chi connectivity index (χ1n) is 14.0. The maximum absolute atomic E-state index is 14.4. The number of carbonyl (C=O) groups is 3. The van der Waals surface area contributed by atoms with Crippen molar-refractivity contribution < 1.29 is 29.7 Å². The van der Waals surface area contributed by atoms with E-state index in [4.69, 9.17) is 0 Å². The van der Waals surface area contributed by atoms with Gasteiger partial charge in [0.25, 0.3) is 5.91 Å². The van der Waals surface area contributed by atoms with Crippen molar-refractivity contribution in [1.82, 2.24) is 10.2 Å². The van der Waals surface area contributed by atoms with E-state index in [-0.39, 0.29) is 41.0 Å². The summed E-state index contributed by atoms with van der Waals surface area (Å²) in [5, 5.41) is 41.5. The van der Waals surface area contributed by atoms with Crippen LogP contribution in [0.4, 0.5) is 11.4 Å². The molecule has 0 aromatic heterocycles. The van der Waals surface area contributed by atoms with Gasteiger partial charge in [-0.15, -0.1) is 9.81 Å². The van der Waals surface area contributed by atoms with Crippen molar-refractivity contribution in [2.45, 2.75) is 24.5 Å². The van der Waals surface area contributed by atoms with Gasteiger partial charge in [-0.25, -0.2) is 0 Å². The van der Waals surface area contributed by atoms with E-state index in [9.17, 15) is 39.5 Å². The highest BCUT2D eigenvalue weighted by Crippen LogP contribution is 2.54. The van der Waals surface area contributed by atoms with Crippen LogP contribution >= 0.6 is 0 Å². The van der Waals surface area contributed by atoms with Crippen LogP contribution in [0.15, 0.2) is 63.3 Å². The third kappa shape index (κ3) is 4.70. The summed E-state index contributed by atoms with van der Waals surface area (Å²) in [6, 6.07) is 6.70. The third-order valence-electron chi connectivity index (χ3n) is 8.76. The summed E-state index contributed by atoms with van der Waals surface area (Å²) in [6.45, 7) is 0. The molecular weight excluding hydrogens is 582 g/mol. The number of aliphatic hydroxyl groups excluding tert-OH is 1. The van der Waals surface area contributed by atoms with Gasteiger partial charge in [-0.2, -0.15) is 0 Å². The van der Waals surface area contributed by atoms with Gasteiger partial charge in [0, 0.05) is 43.9 Å². The maximum Gasteiger partial charge on any atom is 0.258 e. The highest BCUT2D eigenvalue weighted by atomic mass is 16.3. The number of benzene rings is 2.